The predicted octanol–water partition coefficient (Wildman–Crippen LogP) is 4.17. The first-order valence-electron chi connectivity index (χ1n) is 9.24. The van der Waals surface area contributed by atoms with Crippen molar-refractivity contribution in [3.05, 3.63) is 77.1 Å². The second kappa shape index (κ2) is 8.99. The minimum atomic E-state index is -0.241. The van der Waals surface area contributed by atoms with E-state index >= 15 is 0 Å². The van der Waals surface area contributed by atoms with Crippen LogP contribution in [0, 0.1) is 13.8 Å². The molecule has 1 amide bonds. The molecule has 6 nitrogen and oxygen atoms in total. The quantitative estimate of drug-likeness (QED) is 0.647. The number of aromatic nitrogens is 2. The number of benzene rings is 2. The summed E-state index contributed by atoms with van der Waals surface area (Å²) >= 11 is 0. The molecular weight excluding hydrogens is 352 g/mol. The highest BCUT2D eigenvalue weighted by atomic mass is 16.5. The Hall–Kier alpha value is -3.41. The van der Waals surface area contributed by atoms with Gasteiger partial charge in [0, 0.05) is 12.2 Å². The third kappa shape index (κ3) is 4.85. The lowest BCUT2D eigenvalue weighted by atomic mass is 10.1. The average Bonchev–Trinajstić information content (AvgIpc) is 2.68. The van der Waals surface area contributed by atoms with E-state index in [1.165, 1.54) is 0 Å². The smallest absolute Gasteiger partial charge is 0.270 e. The van der Waals surface area contributed by atoms with E-state index in [1.807, 2.05) is 69.3 Å². The number of rotatable bonds is 7. The van der Waals surface area contributed by atoms with Crippen molar-refractivity contribution >= 4 is 17.5 Å². The molecule has 0 saturated carbocycles. The van der Waals surface area contributed by atoms with Gasteiger partial charge in [-0.05, 0) is 50.1 Å². The summed E-state index contributed by atoms with van der Waals surface area (Å²) in [6.07, 6.45) is 0. The maximum atomic E-state index is 12.6. The van der Waals surface area contributed by atoms with Crippen LogP contribution in [0.2, 0.25) is 0 Å². The van der Waals surface area contributed by atoms with Crippen molar-refractivity contribution in [1.82, 2.24) is 15.3 Å². The zero-order valence-corrected chi connectivity index (χ0v) is 16.3. The number of anilines is 2. The molecule has 0 radical (unpaired) electrons. The van der Waals surface area contributed by atoms with Crippen LogP contribution in [0.4, 0.5) is 11.6 Å². The van der Waals surface area contributed by atoms with Crippen LogP contribution >= 0.6 is 0 Å². The van der Waals surface area contributed by atoms with Gasteiger partial charge in [-0.3, -0.25) is 4.79 Å². The molecule has 1 aromatic heterocycles. The number of aryl methyl sites for hydroxylation is 2. The summed E-state index contributed by atoms with van der Waals surface area (Å²) in [6, 6.07) is 17.2. The maximum absolute atomic E-state index is 12.6. The SMILES string of the molecule is CCOc1ccccc1Nc1nc(C)cc(C(=O)NCc2ccccc2C)n1. The van der Waals surface area contributed by atoms with Gasteiger partial charge in [-0.1, -0.05) is 36.4 Å². The lowest BCUT2D eigenvalue weighted by Crippen LogP contribution is -2.24. The molecular formula is C22H24N4O2. The normalized spacial score (nSPS) is 10.4. The molecule has 0 aliphatic rings. The average molecular weight is 376 g/mol. The van der Waals surface area contributed by atoms with E-state index in [9.17, 15) is 4.79 Å². The minimum Gasteiger partial charge on any atom is -0.492 e. The number of hydrogen-bond acceptors (Lipinski definition) is 5. The van der Waals surface area contributed by atoms with Gasteiger partial charge in [-0.25, -0.2) is 9.97 Å². The van der Waals surface area contributed by atoms with E-state index in [0.29, 0.717) is 36.2 Å². The van der Waals surface area contributed by atoms with Gasteiger partial charge >= 0.3 is 0 Å². The Labute approximate surface area is 165 Å². The Kier molecular flexibility index (Phi) is 6.22. The van der Waals surface area contributed by atoms with Gasteiger partial charge in [0.2, 0.25) is 5.95 Å². The van der Waals surface area contributed by atoms with Gasteiger partial charge in [0.25, 0.3) is 5.91 Å². The summed E-state index contributed by atoms with van der Waals surface area (Å²) < 4.78 is 5.62. The molecule has 0 saturated heterocycles. The molecule has 3 rings (SSSR count). The molecule has 0 fully saturated rings. The molecule has 0 atom stereocenters. The van der Waals surface area contributed by atoms with E-state index in [0.717, 1.165) is 16.8 Å². The lowest BCUT2D eigenvalue weighted by Gasteiger charge is -2.12. The third-order valence-corrected chi connectivity index (χ3v) is 4.22. The van der Waals surface area contributed by atoms with E-state index in [1.54, 1.807) is 6.07 Å². The molecule has 2 N–H and O–H groups in total. The lowest BCUT2D eigenvalue weighted by molar-refractivity contribution is 0.0945. The summed E-state index contributed by atoms with van der Waals surface area (Å²) in [5, 5.41) is 6.07. The Morgan fingerprint density at radius 1 is 1.04 bits per heavy atom. The van der Waals surface area contributed by atoms with Crippen molar-refractivity contribution in [2.45, 2.75) is 27.3 Å². The fourth-order valence-electron chi connectivity index (χ4n) is 2.79. The van der Waals surface area contributed by atoms with Gasteiger partial charge in [-0.15, -0.1) is 0 Å². The zero-order valence-electron chi connectivity index (χ0n) is 16.3. The number of para-hydroxylation sites is 2. The predicted molar refractivity (Wildman–Crippen MR) is 110 cm³/mol. The van der Waals surface area contributed by atoms with Crippen molar-refractivity contribution in [2.24, 2.45) is 0 Å². The first kappa shape index (κ1) is 19.4. The summed E-state index contributed by atoms with van der Waals surface area (Å²) in [7, 11) is 0. The van der Waals surface area contributed by atoms with Gasteiger partial charge in [0.1, 0.15) is 11.4 Å². The number of nitrogens with one attached hydrogen (secondary N) is 2. The molecule has 1 heterocycles. The van der Waals surface area contributed by atoms with Crippen molar-refractivity contribution in [3.63, 3.8) is 0 Å². The Morgan fingerprint density at radius 2 is 1.79 bits per heavy atom. The van der Waals surface area contributed by atoms with Crippen LogP contribution < -0.4 is 15.4 Å². The molecule has 0 aliphatic carbocycles. The topological polar surface area (TPSA) is 76.1 Å². The van der Waals surface area contributed by atoms with Gasteiger partial charge < -0.3 is 15.4 Å². The molecule has 6 heteroatoms. The Bertz CT molecular complexity index is 972. The van der Waals surface area contributed by atoms with Crippen LogP contribution in [0.5, 0.6) is 5.75 Å². The first-order chi connectivity index (χ1) is 13.6. The van der Waals surface area contributed by atoms with Crippen molar-refractivity contribution in [2.75, 3.05) is 11.9 Å². The number of ether oxygens (including phenoxy) is 1. The number of carbonyl (C=O) groups excluding carboxylic acids is 1. The maximum Gasteiger partial charge on any atom is 0.270 e. The van der Waals surface area contributed by atoms with Crippen LogP contribution in [-0.4, -0.2) is 22.5 Å². The van der Waals surface area contributed by atoms with Gasteiger partial charge in [-0.2, -0.15) is 0 Å². The van der Waals surface area contributed by atoms with Gasteiger partial charge in [0.05, 0.1) is 12.3 Å². The van der Waals surface area contributed by atoms with Crippen LogP contribution in [0.1, 0.15) is 34.2 Å². The van der Waals surface area contributed by atoms with Crippen molar-refractivity contribution in [3.8, 4) is 5.75 Å². The first-order valence-corrected chi connectivity index (χ1v) is 9.24. The highest BCUT2D eigenvalue weighted by Gasteiger charge is 2.12. The minimum absolute atomic E-state index is 0.241. The monoisotopic (exact) mass is 376 g/mol. The van der Waals surface area contributed by atoms with E-state index in [4.69, 9.17) is 4.74 Å². The molecule has 0 spiro atoms. The summed E-state index contributed by atoms with van der Waals surface area (Å²) in [4.78, 5) is 21.4. The van der Waals surface area contributed by atoms with Crippen LogP contribution in [0.15, 0.2) is 54.6 Å². The number of carbonyl (C=O) groups is 1. The fourth-order valence-corrected chi connectivity index (χ4v) is 2.79. The van der Waals surface area contributed by atoms with Gasteiger partial charge in [0.15, 0.2) is 0 Å². The summed E-state index contributed by atoms with van der Waals surface area (Å²) in [5.74, 6) is 0.823. The number of nitrogens with zero attached hydrogens (tertiary/aromatic N) is 2. The molecule has 3 aromatic rings. The molecule has 0 unspecified atom stereocenters. The fraction of sp³-hybridized carbons (Fsp3) is 0.227. The van der Waals surface area contributed by atoms with Crippen LogP contribution in [-0.2, 0) is 6.54 Å². The number of hydrogen-bond donors (Lipinski definition) is 2. The Balaban J connectivity index is 1.76. The highest BCUT2D eigenvalue weighted by molar-refractivity contribution is 5.92. The van der Waals surface area contributed by atoms with Crippen molar-refractivity contribution < 1.29 is 9.53 Å². The zero-order chi connectivity index (χ0) is 19.9. The van der Waals surface area contributed by atoms with E-state index in [2.05, 4.69) is 20.6 Å². The highest BCUT2D eigenvalue weighted by Crippen LogP contribution is 2.26. The Morgan fingerprint density at radius 3 is 2.57 bits per heavy atom. The molecule has 144 valence electrons. The van der Waals surface area contributed by atoms with E-state index in [-0.39, 0.29) is 5.91 Å². The standard InChI is InChI=1S/C22H24N4O2/c1-4-28-20-12-8-7-11-18(20)25-22-24-16(3)13-19(26-22)21(27)23-14-17-10-6-5-9-15(17)2/h5-13H,4,14H2,1-3H3,(H,23,27)(H,24,25,26). The molecule has 0 aliphatic heterocycles. The number of amides is 1. The second-order valence-corrected chi connectivity index (χ2v) is 6.38. The van der Waals surface area contributed by atoms with Crippen LogP contribution in [0.25, 0.3) is 0 Å². The van der Waals surface area contributed by atoms with Crippen LogP contribution in [0.3, 0.4) is 0 Å². The van der Waals surface area contributed by atoms with E-state index < -0.39 is 0 Å². The third-order valence-electron chi connectivity index (χ3n) is 4.22. The molecule has 0 bridgehead atoms. The summed E-state index contributed by atoms with van der Waals surface area (Å²) in [6.45, 7) is 6.79. The summed E-state index contributed by atoms with van der Waals surface area (Å²) in [5.41, 5.74) is 3.98. The molecule has 28 heavy (non-hydrogen) atoms. The molecule has 2 aromatic carbocycles. The largest absolute Gasteiger partial charge is 0.492 e. The van der Waals surface area contributed by atoms with Crippen molar-refractivity contribution in [1.29, 1.82) is 0 Å². The second-order valence-electron chi connectivity index (χ2n) is 6.38.